The van der Waals surface area contributed by atoms with E-state index >= 15 is 0 Å². The summed E-state index contributed by atoms with van der Waals surface area (Å²) >= 11 is 0. The van der Waals surface area contributed by atoms with E-state index in [1.165, 1.54) is 7.11 Å². The second-order valence-electron chi connectivity index (χ2n) is 10.7. The molecule has 9 unspecified atom stereocenters. The molecule has 11 heteroatoms. The van der Waals surface area contributed by atoms with E-state index in [2.05, 4.69) is 9.88 Å². The largest absolute Gasteiger partial charge is 0.497 e. The molecule has 5 heterocycles. The highest BCUT2D eigenvalue weighted by Gasteiger charge is 2.48. The Kier molecular flexibility index (Phi) is 6.61. The fourth-order valence-electron chi connectivity index (χ4n) is 6.65. The van der Waals surface area contributed by atoms with Gasteiger partial charge in [0.05, 0.1) is 37.7 Å². The third-order valence-electron chi connectivity index (χ3n) is 8.71. The number of nitrogens with one attached hydrogen (secondary N) is 1. The van der Waals surface area contributed by atoms with Gasteiger partial charge in [-0.05, 0) is 37.5 Å². The number of aromatic amines is 1. The predicted molar refractivity (Wildman–Crippen MR) is 133 cm³/mol. The third kappa shape index (κ3) is 4.00. The number of benzene rings is 1. The number of carbonyl (C=O) groups excluding carboxylic acids is 1. The second-order valence-corrected chi connectivity index (χ2v) is 10.7. The third-order valence-corrected chi connectivity index (χ3v) is 8.71. The van der Waals surface area contributed by atoms with Gasteiger partial charge in [-0.1, -0.05) is 6.07 Å². The molecule has 0 radical (unpaired) electrons. The maximum absolute atomic E-state index is 12.5. The molecule has 2 fully saturated rings. The lowest BCUT2D eigenvalue weighted by Gasteiger charge is -2.49. The topological polar surface area (TPSA) is 154 Å². The quantitative estimate of drug-likeness (QED) is 0.350. The highest BCUT2D eigenvalue weighted by Crippen LogP contribution is 2.48. The monoisotopic (exact) mass is 530 g/mol. The second kappa shape index (κ2) is 9.82. The molecular weight excluding hydrogens is 496 g/mol. The number of aliphatic hydroxyl groups excluding tert-OH is 4. The number of hydrogen-bond donors (Lipinski definition) is 5. The number of carbonyl (C=O) groups is 1. The van der Waals surface area contributed by atoms with Crippen molar-refractivity contribution in [2.75, 3.05) is 26.8 Å². The van der Waals surface area contributed by atoms with E-state index < -0.39 is 37.3 Å². The number of aliphatic hydroxyl groups is 4. The number of methoxy groups -OCH3 is 1. The number of ether oxygens (including phenoxy) is 4. The van der Waals surface area contributed by atoms with Gasteiger partial charge >= 0.3 is 5.97 Å². The van der Waals surface area contributed by atoms with Crippen LogP contribution < -0.4 is 4.74 Å². The average molecular weight is 531 g/mol. The number of esters is 1. The summed E-state index contributed by atoms with van der Waals surface area (Å²) in [5.41, 5.74) is 3.61. The van der Waals surface area contributed by atoms with Gasteiger partial charge in [-0.15, -0.1) is 0 Å². The molecule has 2 saturated heterocycles. The van der Waals surface area contributed by atoms with Crippen LogP contribution >= 0.6 is 0 Å². The minimum atomic E-state index is -1.52. The molecule has 1 aromatic carbocycles. The maximum Gasteiger partial charge on any atom is 0.337 e. The molecule has 5 N–H and O–H groups in total. The van der Waals surface area contributed by atoms with Crippen LogP contribution in [0.15, 0.2) is 30.0 Å². The van der Waals surface area contributed by atoms with Gasteiger partial charge < -0.3 is 44.4 Å². The summed E-state index contributed by atoms with van der Waals surface area (Å²) in [6, 6.07) is 5.63. The van der Waals surface area contributed by atoms with E-state index in [0.717, 1.165) is 48.1 Å². The van der Waals surface area contributed by atoms with Crippen molar-refractivity contribution in [3.63, 3.8) is 0 Å². The van der Waals surface area contributed by atoms with Gasteiger partial charge in [0, 0.05) is 41.5 Å². The zero-order valence-electron chi connectivity index (χ0n) is 21.3. The molecule has 0 aliphatic carbocycles. The van der Waals surface area contributed by atoms with Crippen LogP contribution in [0.25, 0.3) is 10.9 Å². The van der Waals surface area contributed by atoms with Gasteiger partial charge in [0.25, 0.3) is 0 Å². The molecule has 0 saturated carbocycles. The highest BCUT2D eigenvalue weighted by molar-refractivity contribution is 5.91. The molecule has 2 aromatic rings. The predicted octanol–water partition coefficient (Wildman–Crippen LogP) is 0.358. The summed E-state index contributed by atoms with van der Waals surface area (Å²) in [7, 11) is 1.39. The first-order valence-corrected chi connectivity index (χ1v) is 13.1. The number of hydrogen-bond acceptors (Lipinski definition) is 10. The van der Waals surface area contributed by atoms with Crippen molar-refractivity contribution in [3.05, 3.63) is 41.3 Å². The number of nitrogens with zero attached hydrogens (tertiary/aromatic N) is 1. The van der Waals surface area contributed by atoms with Gasteiger partial charge in [-0.3, -0.25) is 4.90 Å². The first-order chi connectivity index (χ1) is 18.3. The first kappa shape index (κ1) is 25.6. The summed E-state index contributed by atoms with van der Waals surface area (Å²) in [4.78, 5) is 18.6. The Hall–Kier alpha value is -2.67. The summed E-state index contributed by atoms with van der Waals surface area (Å²) in [5, 5.41) is 41.2. The SMILES string of the molecule is COC(=O)C1=COC(C)C2CN3CCc4c([nH]c5cccc(OC6OC(CO)C(O)C(O)C6O)c45)C3CC12. The fraction of sp³-hybridized carbons (Fsp3) is 0.593. The van der Waals surface area contributed by atoms with Crippen LogP contribution in [-0.4, -0.2) is 99.9 Å². The fourth-order valence-corrected chi connectivity index (χ4v) is 6.65. The Labute approximate surface area is 219 Å². The van der Waals surface area contributed by atoms with E-state index in [1.807, 2.05) is 19.1 Å². The number of piperidine rings is 1. The Balaban J connectivity index is 1.33. The van der Waals surface area contributed by atoms with E-state index in [1.54, 1.807) is 12.3 Å². The minimum absolute atomic E-state index is 0.00277. The summed E-state index contributed by atoms with van der Waals surface area (Å²) < 4.78 is 22.5. The van der Waals surface area contributed by atoms with Crippen LogP contribution in [0, 0.1) is 11.8 Å². The number of fused-ring (bicyclic) bond motifs is 6. The van der Waals surface area contributed by atoms with Gasteiger partial charge in [-0.2, -0.15) is 0 Å². The van der Waals surface area contributed by atoms with Crippen molar-refractivity contribution in [2.24, 2.45) is 11.8 Å². The average Bonchev–Trinajstić information content (AvgIpc) is 3.32. The lowest BCUT2D eigenvalue weighted by molar-refractivity contribution is -0.277. The van der Waals surface area contributed by atoms with Crippen LogP contribution in [0.2, 0.25) is 0 Å². The lowest BCUT2D eigenvalue weighted by Crippen LogP contribution is -2.60. The maximum atomic E-state index is 12.5. The van der Waals surface area contributed by atoms with Crippen molar-refractivity contribution >= 4 is 16.9 Å². The van der Waals surface area contributed by atoms with Crippen LogP contribution in [0.4, 0.5) is 0 Å². The van der Waals surface area contributed by atoms with Crippen molar-refractivity contribution in [2.45, 2.75) is 62.6 Å². The van der Waals surface area contributed by atoms with Crippen LogP contribution in [0.5, 0.6) is 5.75 Å². The molecule has 0 bridgehead atoms. The van der Waals surface area contributed by atoms with E-state index in [4.69, 9.17) is 18.9 Å². The van der Waals surface area contributed by atoms with Gasteiger partial charge in [-0.25, -0.2) is 4.79 Å². The van der Waals surface area contributed by atoms with E-state index in [9.17, 15) is 25.2 Å². The number of aromatic nitrogens is 1. The first-order valence-electron chi connectivity index (χ1n) is 13.1. The van der Waals surface area contributed by atoms with Gasteiger partial charge in [0.1, 0.15) is 30.2 Å². The van der Waals surface area contributed by atoms with Crippen LogP contribution in [0.1, 0.15) is 30.6 Å². The Morgan fingerprint density at radius 2 is 2.03 bits per heavy atom. The minimum Gasteiger partial charge on any atom is -0.497 e. The normalized spacial score (nSPS) is 36.9. The van der Waals surface area contributed by atoms with Gasteiger partial charge in [0.15, 0.2) is 0 Å². The Morgan fingerprint density at radius 3 is 2.79 bits per heavy atom. The zero-order chi connectivity index (χ0) is 26.7. The van der Waals surface area contributed by atoms with Crippen molar-refractivity contribution in [1.29, 1.82) is 0 Å². The molecule has 6 rings (SSSR count). The summed E-state index contributed by atoms with van der Waals surface area (Å²) in [6.45, 7) is 3.14. The van der Waals surface area contributed by atoms with Crippen molar-refractivity contribution in [1.82, 2.24) is 9.88 Å². The molecule has 0 spiro atoms. The highest BCUT2D eigenvalue weighted by atomic mass is 16.7. The molecule has 38 heavy (non-hydrogen) atoms. The smallest absolute Gasteiger partial charge is 0.337 e. The molecule has 206 valence electrons. The molecule has 9 atom stereocenters. The number of H-pyrrole nitrogens is 1. The molecule has 11 nitrogen and oxygen atoms in total. The van der Waals surface area contributed by atoms with Crippen molar-refractivity contribution in [3.8, 4) is 5.75 Å². The Morgan fingerprint density at radius 1 is 1.21 bits per heavy atom. The Bertz CT molecular complexity index is 1240. The van der Waals surface area contributed by atoms with Crippen LogP contribution in [-0.2, 0) is 25.4 Å². The summed E-state index contributed by atoms with van der Waals surface area (Å²) in [6.07, 6.45) is -3.73. The number of rotatable bonds is 4. The molecular formula is C27H34N2O9. The van der Waals surface area contributed by atoms with Gasteiger partial charge in [0.2, 0.25) is 6.29 Å². The van der Waals surface area contributed by atoms with E-state index in [0.29, 0.717) is 11.3 Å². The molecule has 4 aliphatic heterocycles. The van der Waals surface area contributed by atoms with E-state index in [-0.39, 0.29) is 30.0 Å². The summed E-state index contributed by atoms with van der Waals surface area (Å²) in [5.74, 6) is 0.306. The molecule has 0 amide bonds. The molecule has 1 aromatic heterocycles. The van der Waals surface area contributed by atoms with Crippen LogP contribution in [0.3, 0.4) is 0 Å². The molecule has 4 aliphatic rings. The van der Waals surface area contributed by atoms with Crippen molar-refractivity contribution < 1.29 is 44.2 Å². The zero-order valence-corrected chi connectivity index (χ0v) is 21.3. The lowest BCUT2D eigenvalue weighted by atomic mass is 9.72. The standard InChI is InChI=1S/C27H34N2O9/c1-12-15-9-29-7-6-13-21-17(28-22(13)18(29)8-14(15)16(11-36-12)26(34)35-2)4-3-5-19(21)37-27-25(33)24(32)23(31)20(10-30)38-27/h3-5,11-12,14-15,18,20,23-25,27-28,30-33H,6-10H2,1-2H3.